The van der Waals surface area contributed by atoms with Gasteiger partial charge in [-0.25, -0.2) is 0 Å². The molecule has 0 saturated carbocycles. The first-order valence-electron chi connectivity index (χ1n) is 7.08. The number of carbonyl (C=O) groups excluding carboxylic acids is 1. The van der Waals surface area contributed by atoms with E-state index in [9.17, 15) is 4.79 Å². The maximum absolute atomic E-state index is 12.0. The summed E-state index contributed by atoms with van der Waals surface area (Å²) < 4.78 is 5.81. The normalized spacial score (nSPS) is 25.4. The van der Waals surface area contributed by atoms with Crippen molar-refractivity contribution in [2.24, 2.45) is 0 Å². The van der Waals surface area contributed by atoms with Crippen molar-refractivity contribution in [2.75, 3.05) is 0 Å². The van der Waals surface area contributed by atoms with Crippen molar-refractivity contribution in [2.45, 2.75) is 31.3 Å². The van der Waals surface area contributed by atoms with Gasteiger partial charge in [-0.1, -0.05) is 67.6 Å². The van der Waals surface area contributed by atoms with Gasteiger partial charge in [0.25, 0.3) is 0 Å². The van der Waals surface area contributed by atoms with E-state index in [0.29, 0.717) is 6.42 Å². The molecule has 2 aromatic rings. The van der Waals surface area contributed by atoms with Gasteiger partial charge in [0.2, 0.25) is 0 Å². The van der Waals surface area contributed by atoms with E-state index >= 15 is 0 Å². The number of carbonyl (C=O) groups is 1. The van der Waals surface area contributed by atoms with Gasteiger partial charge in [0.15, 0.2) is 0 Å². The molecule has 1 aliphatic rings. The lowest BCUT2D eigenvalue weighted by Gasteiger charge is -2.33. The Bertz CT molecular complexity index is 591. The topological polar surface area (TPSA) is 26.3 Å². The lowest BCUT2D eigenvalue weighted by molar-refractivity contribution is -0.150. The number of cyclic esters (lactones) is 1. The third kappa shape index (κ3) is 2.01. The number of hydrogen-bond acceptors (Lipinski definition) is 2. The van der Waals surface area contributed by atoms with E-state index in [1.54, 1.807) is 0 Å². The Labute approximate surface area is 119 Å². The zero-order valence-corrected chi connectivity index (χ0v) is 11.6. The number of benzene rings is 2. The van der Waals surface area contributed by atoms with E-state index in [2.05, 4.69) is 31.2 Å². The molecule has 0 unspecified atom stereocenters. The van der Waals surface area contributed by atoms with Gasteiger partial charge >= 0.3 is 5.97 Å². The van der Waals surface area contributed by atoms with Crippen molar-refractivity contribution in [1.29, 1.82) is 0 Å². The Balaban J connectivity index is 2.10. The molecule has 2 nitrogen and oxygen atoms in total. The molecule has 2 atom stereocenters. The fourth-order valence-electron chi connectivity index (χ4n) is 3.22. The van der Waals surface area contributed by atoms with Crippen molar-refractivity contribution in [3.05, 3.63) is 71.8 Å². The Morgan fingerprint density at radius 2 is 1.65 bits per heavy atom. The van der Waals surface area contributed by atoms with E-state index in [0.717, 1.165) is 12.0 Å². The second kappa shape index (κ2) is 5.12. The van der Waals surface area contributed by atoms with Crippen molar-refractivity contribution < 1.29 is 9.53 Å². The summed E-state index contributed by atoms with van der Waals surface area (Å²) >= 11 is 0. The summed E-state index contributed by atoms with van der Waals surface area (Å²) in [5.41, 5.74) is 1.73. The second-order valence-electron chi connectivity index (χ2n) is 5.25. The van der Waals surface area contributed by atoms with Gasteiger partial charge in [-0.3, -0.25) is 4.79 Å². The van der Waals surface area contributed by atoms with Crippen molar-refractivity contribution in [3.8, 4) is 0 Å². The highest BCUT2D eigenvalue weighted by Crippen LogP contribution is 2.49. The fraction of sp³-hybridized carbons (Fsp3) is 0.278. The van der Waals surface area contributed by atoms with Crippen LogP contribution in [0.2, 0.25) is 0 Å². The molecule has 0 bridgehead atoms. The van der Waals surface area contributed by atoms with Crippen LogP contribution in [-0.2, 0) is 15.1 Å². The largest absolute Gasteiger partial charge is 0.453 e. The van der Waals surface area contributed by atoms with Crippen molar-refractivity contribution in [1.82, 2.24) is 0 Å². The molecule has 0 aromatic heterocycles. The molecular weight excluding hydrogens is 248 g/mol. The molecular formula is C18H18O2. The van der Waals surface area contributed by atoms with Gasteiger partial charge in [-0.2, -0.15) is 0 Å². The molecule has 2 heteroatoms. The Morgan fingerprint density at radius 3 is 2.25 bits per heavy atom. The van der Waals surface area contributed by atoms with Gasteiger partial charge in [-0.05, 0) is 17.5 Å². The van der Waals surface area contributed by atoms with Gasteiger partial charge in [-0.15, -0.1) is 0 Å². The molecule has 1 aliphatic heterocycles. The maximum Gasteiger partial charge on any atom is 0.307 e. The molecule has 0 aliphatic carbocycles. The highest BCUT2D eigenvalue weighted by atomic mass is 16.6. The van der Waals surface area contributed by atoms with E-state index in [1.807, 2.05) is 36.4 Å². The first-order valence-corrected chi connectivity index (χ1v) is 7.08. The van der Waals surface area contributed by atoms with Gasteiger partial charge in [0.1, 0.15) is 5.60 Å². The number of rotatable bonds is 3. The minimum atomic E-state index is -0.528. The molecule has 1 fully saturated rings. The average molecular weight is 266 g/mol. The average Bonchev–Trinajstić information content (AvgIpc) is 2.87. The van der Waals surface area contributed by atoms with Crippen LogP contribution >= 0.6 is 0 Å². The summed E-state index contributed by atoms with van der Waals surface area (Å²) in [7, 11) is 0. The Kier molecular flexibility index (Phi) is 3.31. The van der Waals surface area contributed by atoms with Gasteiger partial charge in [0, 0.05) is 5.92 Å². The summed E-state index contributed by atoms with van der Waals surface area (Å²) in [6.45, 7) is 2.08. The first-order chi connectivity index (χ1) is 9.76. The molecule has 3 rings (SSSR count). The van der Waals surface area contributed by atoms with Crippen LogP contribution in [0.25, 0.3) is 0 Å². The summed E-state index contributed by atoms with van der Waals surface area (Å²) in [6, 6.07) is 20.3. The van der Waals surface area contributed by atoms with E-state index in [4.69, 9.17) is 4.74 Å². The number of hydrogen-bond donors (Lipinski definition) is 0. The fourth-order valence-corrected chi connectivity index (χ4v) is 3.22. The van der Waals surface area contributed by atoms with E-state index in [1.165, 1.54) is 5.56 Å². The minimum Gasteiger partial charge on any atom is -0.453 e. The third-order valence-electron chi connectivity index (χ3n) is 4.22. The SMILES string of the molecule is CC[C@]1(c2ccccc2)OC(=O)C[C@@H]1c1ccccc1. The maximum atomic E-state index is 12.0. The Hall–Kier alpha value is -2.09. The highest BCUT2D eigenvalue weighted by molar-refractivity contribution is 5.75. The van der Waals surface area contributed by atoms with Crippen molar-refractivity contribution in [3.63, 3.8) is 0 Å². The lowest BCUT2D eigenvalue weighted by atomic mass is 9.76. The third-order valence-corrected chi connectivity index (χ3v) is 4.22. The monoisotopic (exact) mass is 266 g/mol. The molecule has 20 heavy (non-hydrogen) atoms. The second-order valence-corrected chi connectivity index (χ2v) is 5.25. The quantitative estimate of drug-likeness (QED) is 0.784. The van der Waals surface area contributed by atoms with E-state index in [-0.39, 0.29) is 11.9 Å². The van der Waals surface area contributed by atoms with Crippen LogP contribution in [0, 0.1) is 0 Å². The predicted molar refractivity (Wildman–Crippen MR) is 78.3 cm³/mol. The summed E-state index contributed by atoms with van der Waals surface area (Å²) in [5.74, 6) is -0.0202. The first kappa shape index (κ1) is 12.9. The Morgan fingerprint density at radius 1 is 1.05 bits per heavy atom. The molecule has 102 valence electrons. The standard InChI is InChI=1S/C18H18O2/c1-2-18(15-11-7-4-8-12-15)16(13-17(19)20-18)14-9-5-3-6-10-14/h3-12,16H,2,13H2,1H3/t16-,18-/m1/s1. The molecule has 0 N–H and O–H groups in total. The van der Waals surface area contributed by atoms with Crippen LogP contribution in [0.1, 0.15) is 36.8 Å². The minimum absolute atomic E-state index is 0.0867. The van der Waals surface area contributed by atoms with Gasteiger partial charge in [0.05, 0.1) is 6.42 Å². The molecule has 1 saturated heterocycles. The van der Waals surface area contributed by atoms with Crippen LogP contribution in [0.15, 0.2) is 60.7 Å². The molecule has 2 aromatic carbocycles. The molecule has 0 spiro atoms. The van der Waals surface area contributed by atoms with E-state index < -0.39 is 5.60 Å². The summed E-state index contributed by atoms with van der Waals surface area (Å²) in [4.78, 5) is 12.0. The van der Waals surface area contributed by atoms with Crippen LogP contribution in [-0.4, -0.2) is 5.97 Å². The molecule has 0 radical (unpaired) electrons. The number of ether oxygens (including phenoxy) is 1. The van der Waals surface area contributed by atoms with Crippen LogP contribution in [0.5, 0.6) is 0 Å². The zero-order valence-electron chi connectivity index (χ0n) is 11.6. The van der Waals surface area contributed by atoms with Crippen LogP contribution in [0.4, 0.5) is 0 Å². The highest BCUT2D eigenvalue weighted by Gasteiger charge is 2.49. The smallest absolute Gasteiger partial charge is 0.307 e. The number of esters is 1. The van der Waals surface area contributed by atoms with Crippen LogP contribution < -0.4 is 0 Å². The summed E-state index contributed by atoms with van der Waals surface area (Å²) in [5, 5.41) is 0. The molecule has 0 amide bonds. The summed E-state index contributed by atoms with van der Waals surface area (Å²) in [6.07, 6.45) is 1.23. The van der Waals surface area contributed by atoms with Crippen LogP contribution in [0.3, 0.4) is 0 Å². The predicted octanol–water partition coefficient (Wildman–Crippen LogP) is 4.02. The van der Waals surface area contributed by atoms with Gasteiger partial charge < -0.3 is 4.74 Å². The van der Waals surface area contributed by atoms with Crippen molar-refractivity contribution >= 4 is 5.97 Å². The molecule has 1 heterocycles. The lowest BCUT2D eigenvalue weighted by Crippen LogP contribution is -2.30. The zero-order chi connectivity index (χ0) is 14.0.